The van der Waals surface area contributed by atoms with Crippen LogP contribution in [-0.4, -0.2) is 44.7 Å². The maximum atomic E-state index is 11.6. The first kappa shape index (κ1) is 13.7. The molecule has 4 atom stereocenters. The molecule has 0 radical (unpaired) electrons. The van der Waals surface area contributed by atoms with E-state index in [1.165, 1.54) is 6.20 Å². The largest absolute Gasteiger partial charge is 0.394 e. The van der Waals surface area contributed by atoms with Crippen molar-refractivity contribution < 1.29 is 18.0 Å². The summed E-state index contributed by atoms with van der Waals surface area (Å²) in [5.41, 5.74) is -1.23. The minimum Gasteiger partial charge on any atom is -0.394 e. The Labute approximate surface area is 115 Å². The van der Waals surface area contributed by atoms with Crippen LogP contribution < -0.4 is 11.2 Å². The molecule has 0 amide bonds. The summed E-state index contributed by atoms with van der Waals surface area (Å²) in [7, 11) is 0. The predicted molar refractivity (Wildman–Crippen MR) is 67.2 cm³/mol. The van der Waals surface area contributed by atoms with Crippen LogP contribution in [0.3, 0.4) is 0 Å². The van der Waals surface area contributed by atoms with Crippen LogP contribution in [-0.2, 0) is 7.80 Å². The highest BCUT2D eigenvalue weighted by Gasteiger charge is 2.45. The molecule has 1 aliphatic heterocycles. The van der Waals surface area contributed by atoms with Crippen molar-refractivity contribution in [1.82, 2.24) is 9.55 Å². The van der Waals surface area contributed by atoms with Crippen molar-refractivity contribution in [3.63, 3.8) is 0 Å². The molecule has 0 aromatic carbocycles. The number of aliphatic hydroxyl groups excluding tert-OH is 2. The van der Waals surface area contributed by atoms with Gasteiger partial charge >= 0.3 is 5.69 Å². The van der Waals surface area contributed by atoms with Gasteiger partial charge in [-0.2, -0.15) is 0 Å². The fourth-order valence-corrected chi connectivity index (χ4v) is 2.46. The van der Waals surface area contributed by atoms with Gasteiger partial charge < -0.3 is 18.0 Å². The lowest BCUT2D eigenvalue weighted by Crippen LogP contribution is -2.37. The molecule has 0 spiro atoms. The molecule has 2 rings (SSSR count). The number of nitrogens with zero attached hydrogens (tertiary/aromatic N) is 1. The zero-order valence-corrected chi connectivity index (χ0v) is 11.2. The molecule has 2 heterocycles. The number of hydrogen-bond acceptors (Lipinski definition) is 6. The Morgan fingerprint density at radius 3 is 2.78 bits per heavy atom. The summed E-state index contributed by atoms with van der Waals surface area (Å²) in [5, 5.41) is 19.1. The molecule has 100 valence electrons. The summed E-state index contributed by atoms with van der Waals surface area (Å²) in [4.78, 5) is 24.6. The lowest BCUT2D eigenvalue weighted by atomic mass is 10.1. The van der Waals surface area contributed by atoms with Crippen molar-refractivity contribution in [1.29, 1.82) is 0 Å². The number of hydrogen-bond donors (Lipinski definition) is 3. The normalized spacial score (nSPS) is 31.7. The fourth-order valence-electron chi connectivity index (χ4n) is 1.83. The Balaban J connectivity index is 2.34. The summed E-state index contributed by atoms with van der Waals surface area (Å²) < 4.78 is 11.4. The van der Waals surface area contributed by atoms with Crippen molar-refractivity contribution in [2.75, 3.05) is 6.61 Å². The second kappa shape index (κ2) is 5.48. The highest BCUT2D eigenvalue weighted by molar-refractivity contribution is 14.1. The van der Waals surface area contributed by atoms with Gasteiger partial charge in [0.25, 0.3) is 5.56 Å². The summed E-state index contributed by atoms with van der Waals surface area (Å²) in [6.07, 6.45) is -2.40. The van der Waals surface area contributed by atoms with E-state index in [9.17, 15) is 14.7 Å². The van der Waals surface area contributed by atoms with Gasteiger partial charge in [0, 0.05) is 12.3 Å². The smallest absolute Gasteiger partial charge is 0.330 e. The Bertz CT molecular complexity index is 528. The molecule has 1 fully saturated rings. The van der Waals surface area contributed by atoms with Gasteiger partial charge in [-0.1, -0.05) is 0 Å². The van der Waals surface area contributed by atoms with E-state index in [0.29, 0.717) is 0 Å². The monoisotopic (exact) mass is 370 g/mol. The maximum Gasteiger partial charge on any atom is 0.330 e. The first-order valence-corrected chi connectivity index (χ1v) is 6.00. The molecule has 3 N–H and O–H groups in total. The van der Waals surface area contributed by atoms with Gasteiger partial charge in [-0.25, -0.2) is 4.79 Å². The van der Waals surface area contributed by atoms with Crippen molar-refractivity contribution >= 4 is 23.0 Å². The van der Waals surface area contributed by atoms with Gasteiger partial charge in [-0.15, -0.1) is 0 Å². The summed E-state index contributed by atoms with van der Waals surface area (Å²) in [5.74, 6) is 0. The van der Waals surface area contributed by atoms with Gasteiger partial charge in [0.15, 0.2) is 6.23 Å². The Kier molecular flexibility index (Phi) is 4.17. The molecule has 1 saturated heterocycles. The molecule has 18 heavy (non-hydrogen) atoms. The van der Waals surface area contributed by atoms with E-state index in [-0.39, 0.29) is 6.61 Å². The minimum atomic E-state index is -1.12. The predicted octanol–water partition coefficient (Wildman–Crippen LogP) is -1.48. The maximum absolute atomic E-state index is 11.6. The third-order valence-corrected chi connectivity index (χ3v) is 3.30. The summed E-state index contributed by atoms with van der Waals surface area (Å²) in [6.45, 7) is -0.348. The van der Waals surface area contributed by atoms with Crippen LogP contribution in [0.1, 0.15) is 6.23 Å². The molecule has 9 heteroatoms. The van der Waals surface area contributed by atoms with Crippen molar-refractivity contribution in [3.05, 3.63) is 33.1 Å². The van der Waals surface area contributed by atoms with Crippen LogP contribution in [0.2, 0.25) is 0 Å². The Morgan fingerprint density at radius 2 is 2.28 bits per heavy atom. The highest BCUT2D eigenvalue weighted by Crippen LogP contribution is 2.31. The SMILES string of the molecule is O=c1ccn([C@H]2O[C@@H](CO)C(OI)C2O)c(=O)[nH]1. The quantitative estimate of drug-likeness (QED) is 0.560. The van der Waals surface area contributed by atoms with Crippen LogP contribution in [0.4, 0.5) is 0 Å². The van der Waals surface area contributed by atoms with Gasteiger partial charge in [0.1, 0.15) is 41.3 Å². The number of H-pyrrole nitrogens is 1. The van der Waals surface area contributed by atoms with E-state index >= 15 is 0 Å². The van der Waals surface area contributed by atoms with E-state index < -0.39 is 35.8 Å². The summed E-state index contributed by atoms with van der Waals surface area (Å²) >= 11 is 1.59. The first-order chi connectivity index (χ1) is 8.58. The zero-order valence-electron chi connectivity index (χ0n) is 9.02. The second-order valence-corrected chi connectivity index (χ2v) is 4.32. The summed E-state index contributed by atoms with van der Waals surface area (Å²) in [6, 6.07) is 1.14. The van der Waals surface area contributed by atoms with Crippen molar-refractivity contribution in [3.8, 4) is 0 Å². The molecule has 0 bridgehead atoms. The third-order valence-electron chi connectivity index (χ3n) is 2.72. The lowest BCUT2D eigenvalue weighted by molar-refractivity contribution is -0.0540. The van der Waals surface area contributed by atoms with Gasteiger partial charge in [-0.3, -0.25) is 14.3 Å². The fraction of sp³-hybridized carbons (Fsp3) is 0.556. The van der Waals surface area contributed by atoms with Crippen molar-refractivity contribution in [2.24, 2.45) is 0 Å². The number of nitrogens with one attached hydrogen (secondary N) is 1. The average Bonchev–Trinajstić information content (AvgIpc) is 2.66. The number of aromatic nitrogens is 2. The minimum absolute atomic E-state index is 0.348. The van der Waals surface area contributed by atoms with Crippen LogP contribution in [0.15, 0.2) is 21.9 Å². The zero-order chi connectivity index (χ0) is 13.3. The van der Waals surface area contributed by atoms with Gasteiger partial charge in [-0.05, 0) is 0 Å². The van der Waals surface area contributed by atoms with E-state index in [1.807, 2.05) is 0 Å². The van der Waals surface area contributed by atoms with E-state index in [4.69, 9.17) is 12.9 Å². The number of aromatic amines is 1. The first-order valence-electron chi connectivity index (χ1n) is 5.11. The third kappa shape index (κ3) is 2.36. The number of ether oxygens (including phenoxy) is 1. The molecule has 1 aromatic heterocycles. The van der Waals surface area contributed by atoms with Crippen LogP contribution >= 0.6 is 23.0 Å². The molecule has 0 saturated carbocycles. The van der Waals surface area contributed by atoms with Crippen molar-refractivity contribution in [2.45, 2.75) is 24.5 Å². The highest BCUT2D eigenvalue weighted by atomic mass is 127. The Hall–Kier alpha value is -0.750. The second-order valence-electron chi connectivity index (χ2n) is 3.81. The van der Waals surface area contributed by atoms with Gasteiger partial charge in [0.05, 0.1) is 6.61 Å². The lowest BCUT2D eigenvalue weighted by Gasteiger charge is -2.17. The number of rotatable bonds is 3. The average molecular weight is 370 g/mol. The number of halogens is 1. The topological polar surface area (TPSA) is 114 Å². The van der Waals surface area contributed by atoms with E-state index in [2.05, 4.69) is 4.98 Å². The van der Waals surface area contributed by atoms with Gasteiger partial charge in [0.2, 0.25) is 0 Å². The van der Waals surface area contributed by atoms with Crippen LogP contribution in [0.25, 0.3) is 0 Å². The Morgan fingerprint density at radius 1 is 1.56 bits per heavy atom. The molecular formula is C9H11IN2O6. The molecule has 0 aliphatic carbocycles. The van der Waals surface area contributed by atoms with E-state index in [0.717, 1.165) is 10.6 Å². The standard InChI is InChI=1S/C9H11IN2O6/c10-18-7-4(3-13)17-8(6(7)15)12-2-1-5(14)11-9(12)16/h1-2,4,6-8,13,15H,3H2,(H,11,14,16)/t4-,6?,7?,8-/m0/s1. The van der Waals surface area contributed by atoms with E-state index in [1.54, 1.807) is 23.0 Å². The molecule has 1 aromatic rings. The van der Waals surface area contributed by atoms with Crippen LogP contribution in [0, 0.1) is 0 Å². The molecular weight excluding hydrogens is 359 g/mol. The molecule has 1 aliphatic rings. The van der Waals surface area contributed by atoms with Crippen LogP contribution in [0.5, 0.6) is 0 Å². The number of aliphatic hydroxyl groups is 2. The molecule has 8 nitrogen and oxygen atoms in total. The molecule has 2 unspecified atom stereocenters.